The van der Waals surface area contributed by atoms with Gasteiger partial charge in [-0.05, 0) is 38.0 Å². The number of rotatable bonds is 9. The van der Waals surface area contributed by atoms with E-state index in [0.29, 0.717) is 31.7 Å². The summed E-state index contributed by atoms with van der Waals surface area (Å²) in [5.74, 6) is 0.100. The first-order valence-corrected chi connectivity index (χ1v) is 10.9. The van der Waals surface area contributed by atoms with Crippen molar-refractivity contribution in [3.63, 3.8) is 0 Å². The molecule has 1 aliphatic heterocycles. The summed E-state index contributed by atoms with van der Waals surface area (Å²) in [7, 11) is 0. The third-order valence-electron chi connectivity index (χ3n) is 5.09. The minimum absolute atomic E-state index is 0.0125. The van der Waals surface area contributed by atoms with Crippen LogP contribution in [0.2, 0.25) is 0 Å². The van der Waals surface area contributed by atoms with Gasteiger partial charge in [0.25, 0.3) is 11.8 Å². The van der Waals surface area contributed by atoms with Crippen LogP contribution >= 0.6 is 0 Å². The van der Waals surface area contributed by atoms with Gasteiger partial charge in [0.1, 0.15) is 0 Å². The number of carbonyl (C=O) groups is 3. The molecule has 1 aliphatic rings. The van der Waals surface area contributed by atoms with Gasteiger partial charge in [0.15, 0.2) is 6.54 Å². The maximum atomic E-state index is 12.8. The first-order valence-electron chi connectivity index (χ1n) is 10.9. The monoisotopic (exact) mass is 418 g/mol. The second-order valence-electron chi connectivity index (χ2n) is 8.10. The maximum Gasteiger partial charge on any atom is 0.315 e. The van der Waals surface area contributed by atoms with Crippen molar-refractivity contribution in [2.24, 2.45) is 0 Å². The van der Waals surface area contributed by atoms with Crippen molar-refractivity contribution in [1.29, 1.82) is 0 Å². The van der Waals surface area contributed by atoms with Crippen LogP contribution < -0.4 is 20.9 Å². The summed E-state index contributed by atoms with van der Waals surface area (Å²) in [5, 5.41) is 8.53. The Balaban J connectivity index is 1.75. The summed E-state index contributed by atoms with van der Waals surface area (Å²) in [6.07, 6.45) is 2.07. The molecule has 8 nitrogen and oxygen atoms in total. The highest BCUT2D eigenvalue weighted by Gasteiger charge is 2.25. The highest BCUT2D eigenvalue weighted by Crippen LogP contribution is 2.08. The van der Waals surface area contributed by atoms with Gasteiger partial charge >= 0.3 is 6.03 Å². The van der Waals surface area contributed by atoms with Gasteiger partial charge in [-0.15, -0.1) is 0 Å². The number of hydrogen-bond acceptors (Lipinski definition) is 3. The van der Waals surface area contributed by atoms with Crippen molar-refractivity contribution in [3.8, 4) is 0 Å². The molecule has 4 amide bonds. The number of nitrogens with one attached hydrogen (secondary N) is 4. The van der Waals surface area contributed by atoms with Crippen molar-refractivity contribution < 1.29 is 19.3 Å². The molecule has 30 heavy (non-hydrogen) atoms. The van der Waals surface area contributed by atoms with Crippen molar-refractivity contribution >= 4 is 17.8 Å². The molecular formula is C22H36N5O3+. The molecule has 4 N–H and O–H groups in total. The van der Waals surface area contributed by atoms with E-state index in [4.69, 9.17) is 0 Å². The molecule has 0 spiro atoms. The Morgan fingerprint density at radius 3 is 2.33 bits per heavy atom. The summed E-state index contributed by atoms with van der Waals surface area (Å²) < 4.78 is 0. The van der Waals surface area contributed by atoms with Crippen LogP contribution in [0.3, 0.4) is 0 Å². The fraction of sp³-hybridized carbons (Fsp3) is 0.591. The standard InChI is InChI=1S/C22H35N5O3/c1-4-5-10-23-20(28)16-26-11-13-27(14-12-26)21(29)19-8-6-18(7-9-19)15-24-22(30)25-17(2)3/h6-9,17H,4-5,10-16H2,1-3H3,(H,23,28)(H2,24,25,30)/p+1. The van der Waals surface area contributed by atoms with Crippen LogP contribution in [0.1, 0.15) is 49.5 Å². The van der Waals surface area contributed by atoms with E-state index in [0.717, 1.165) is 38.0 Å². The molecule has 0 bridgehead atoms. The molecule has 1 aromatic carbocycles. The Morgan fingerprint density at radius 2 is 1.73 bits per heavy atom. The molecule has 0 aromatic heterocycles. The molecule has 0 atom stereocenters. The fourth-order valence-electron chi connectivity index (χ4n) is 3.34. The van der Waals surface area contributed by atoms with Gasteiger partial charge in [0.05, 0.1) is 26.2 Å². The van der Waals surface area contributed by atoms with Crippen molar-refractivity contribution in [3.05, 3.63) is 35.4 Å². The number of amides is 4. The normalized spacial score (nSPS) is 14.5. The first-order chi connectivity index (χ1) is 14.4. The number of benzene rings is 1. The van der Waals surface area contributed by atoms with E-state index in [1.54, 1.807) is 12.1 Å². The number of urea groups is 1. The Bertz CT molecular complexity index is 697. The van der Waals surface area contributed by atoms with Gasteiger partial charge in [-0.25, -0.2) is 4.79 Å². The van der Waals surface area contributed by atoms with Crippen LogP contribution in [-0.4, -0.2) is 68.1 Å². The Labute approximate surface area is 179 Å². The molecule has 0 unspecified atom stereocenters. The number of piperazine rings is 1. The number of unbranched alkanes of at least 4 members (excludes halogenated alkanes) is 1. The molecule has 166 valence electrons. The van der Waals surface area contributed by atoms with E-state index in [-0.39, 0.29) is 23.9 Å². The van der Waals surface area contributed by atoms with Gasteiger partial charge in [-0.3, -0.25) is 9.59 Å². The molecule has 8 heteroatoms. The van der Waals surface area contributed by atoms with E-state index in [9.17, 15) is 14.4 Å². The molecule has 1 heterocycles. The lowest BCUT2D eigenvalue weighted by atomic mass is 10.1. The zero-order valence-electron chi connectivity index (χ0n) is 18.4. The summed E-state index contributed by atoms with van der Waals surface area (Å²) in [4.78, 5) is 39.4. The molecule has 1 fully saturated rings. The Hall–Kier alpha value is -2.61. The summed E-state index contributed by atoms with van der Waals surface area (Å²) in [6, 6.07) is 7.23. The highest BCUT2D eigenvalue weighted by molar-refractivity contribution is 5.94. The van der Waals surface area contributed by atoms with Crippen molar-refractivity contribution in [2.75, 3.05) is 39.3 Å². The zero-order valence-corrected chi connectivity index (χ0v) is 18.4. The minimum Gasteiger partial charge on any atom is -0.351 e. The van der Waals surface area contributed by atoms with Gasteiger partial charge in [-0.1, -0.05) is 25.5 Å². The largest absolute Gasteiger partial charge is 0.351 e. The Kier molecular flexibility index (Phi) is 9.60. The molecule has 2 rings (SSSR count). The van der Waals surface area contributed by atoms with Crippen molar-refractivity contribution in [2.45, 2.75) is 46.2 Å². The van der Waals surface area contributed by atoms with E-state index >= 15 is 0 Å². The molecular weight excluding hydrogens is 382 g/mol. The average Bonchev–Trinajstić information content (AvgIpc) is 2.72. The van der Waals surface area contributed by atoms with Crippen LogP contribution in [0.15, 0.2) is 24.3 Å². The third-order valence-corrected chi connectivity index (χ3v) is 5.09. The number of carbonyl (C=O) groups excluding carboxylic acids is 3. The lowest BCUT2D eigenvalue weighted by Crippen LogP contribution is -3.15. The van der Waals surface area contributed by atoms with E-state index in [1.165, 1.54) is 4.90 Å². The van der Waals surface area contributed by atoms with Crippen LogP contribution in [-0.2, 0) is 11.3 Å². The topological polar surface area (TPSA) is 95.0 Å². The van der Waals surface area contributed by atoms with Gasteiger partial charge in [0.2, 0.25) is 0 Å². The molecule has 0 aliphatic carbocycles. The quantitative estimate of drug-likeness (QED) is 0.430. The summed E-state index contributed by atoms with van der Waals surface area (Å²) >= 11 is 0. The zero-order chi connectivity index (χ0) is 21.9. The predicted octanol–water partition coefficient (Wildman–Crippen LogP) is 0.151. The molecule has 0 saturated carbocycles. The van der Waals surface area contributed by atoms with E-state index < -0.39 is 0 Å². The number of hydrogen-bond donors (Lipinski definition) is 4. The average molecular weight is 419 g/mol. The van der Waals surface area contributed by atoms with E-state index in [2.05, 4.69) is 22.9 Å². The van der Waals surface area contributed by atoms with Gasteiger partial charge < -0.3 is 25.8 Å². The lowest BCUT2D eigenvalue weighted by Gasteiger charge is -2.32. The van der Waals surface area contributed by atoms with Gasteiger partial charge in [-0.2, -0.15) is 0 Å². The SMILES string of the molecule is CCCCNC(=O)C[NH+]1CCN(C(=O)c2ccc(CNC(=O)NC(C)C)cc2)CC1. The molecule has 0 radical (unpaired) electrons. The predicted molar refractivity (Wildman–Crippen MR) is 116 cm³/mol. The fourth-order valence-corrected chi connectivity index (χ4v) is 3.34. The molecule has 1 saturated heterocycles. The van der Waals surface area contributed by atoms with Gasteiger partial charge in [0, 0.05) is 24.7 Å². The smallest absolute Gasteiger partial charge is 0.315 e. The minimum atomic E-state index is -0.204. The van der Waals surface area contributed by atoms with E-state index in [1.807, 2.05) is 30.9 Å². The number of quaternary nitrogens is 1. The second-order valence-corrected chi connectivity index (χ2v) is 8.10. The Morgan fingerprint density at radius 1 is 1.07 bits per heavy atom. The summed E-state index contributed by atoms with van der Waals surface area (Å²) in [6.45, 7) is 10.4. The molecule has 1 aromatic rings. The second kappa shape index (κ2) is 12.2. The first kappa shape index (κ1) is 23.7. The summed E-state index contributed by atoms with van der Waals surface area (Å²) in [5.41, 5.74) is 1.58. The van der Waals surface area contributed by atoms with Crippen LogP contribution in [0.4, 0.5) is 4.79 Å². The maximum absolute atomic E-state index is 12.8. The highest BCUT2D eigenvalue weighted by atomic mass is 16.2. The lowest BCUT2D eigenvalue weighted by molar-refractivity contribution is -0.896. The van der Waals surface area contributed by atoms with Crippen LogP contribution in [0.25, 0.3) is 0 Å². The number of nitrogens with zero attached hydrogens (tertiary/aromatic N) is 1. The van der Waals surface area contributed by atoms with Crippen molar-refractivity contribution in [1.82, 2.24) is 20.9 Å². The van der Waals surface area contributed by atoms with Crippen LogP contribution in [0.5, 0.6) is 0 Å². The van der Waals surface area contributed by atoms with Crippen LogP contribution in [0, 0.1) is 0 Å². The third kappa shape index (κ3) is 8.02.